The maximum Gasteiger partial charge on any atom is 0.263 e. The van der Waals surface area contributed by atoms with Crippen LogP contribution < -0.4 is 14.2 Å². The van der Waals surface area contributed by atoms with Crippen LogP contribution >= 0.6 is 11.6 Å². The van der Waals surface area contributed by atoms with Gasteiger partial charge in [0.25, 0.3) is 10.0 Å². The topological polar surface area (TPSA) is 90.4 Å². The van der Waals surface area contributed by atoms with Gasteiger partial charge in [-0.1, -0.05) is 56.6 Å². The van der Waals surface area contributed by atoms with Gasteiger partial charge in [0.2, 0.25) is 5.75 Å². The number of para-hydroxylation sites is 2. The molecule has 0 saturated carbocycles. The second-order valence-electron chi connectivity index (χ2n) is 7.87. The molecule has 0 fully saturated rings. The van der Waals surface area contributed by atoms with E-state index in [4.69, 9.17) is 21.1 Å². The van der Waals surface area contributed by atoms with Gasteiger partial charge in [0.05, 0.1) is 12.0 Å². The zero-order chi connectivity index (χ0) is 22.8. The Balaban J connectivity index is 1.99. The van der Waals surface area contributed by atoms with E-state index in [0.29, 0.717) is 11.5 Å². The van der Waals surface area contributed by atoms with Crippen LogP contribution in [0, 0.1) is 6.92 Å². The van der Waals surface area contributed by atoms with Gasteiger partial charge < -0.3 is 9.47 Å². The van der Waals surface area contributed by atoms with E-state index < -0.39 is 10.0 Å². The second kappa shape index (κ2) is 8.72. The van der Waals surface area contributed by atoms with Gasteiger partial charge in [-0.15, -0.1) is 0 Å². The molecule has 1 heterocycles. The molecule has 3 aromatic rings. The van der Waals surface area contributed by atoms with Crippen LogP contribution in [0.1, 0.15) is 32.2 Å². The maximum absolute atomic E-state index is 13.0. The molecule has 31 heavy (non-hydrogen) atoms. The first-order valence-corrected chi connectivity index (χ1v) is 11.4. The Labute approximate surface area is 187 Å². The first-order valence-electron chi connectivity index (χ1n) is 9.49. The van der Waals surface area contributed by atoms with Gasteiger partial charge in [0, 0.05) is 0 Å². The normalized spacial score (nSPS) is 11.8. The number of sulfonamides is 1. The zero-order valence-electron chi connectivity index (χ0n) is 17.9. The highest BCUT2D eigenvalue weighted by Crippen LogP contribution is 2.38. The SMILES string of the molecule is COc1ccccc1Oc1c(Cl)nc(C)nc1NS(=O)(=O)c1ccc(C(C)(C)C)cc1. The fraction of sp³-hybridized carbons (Fsp3) is 0.273. The number of hydrogen-bond donors (Lipinski definition) is 1. The van der Waals surface area contributed by atoms with Gasteiger partial charge in [0.1, 0.15) is 5.82 Å². The minimum atomic E-state index is -3.95. The Bertz CT molecular complexity index is 1190. The molecule has 3 rings (SSSR count). The quantitative estimate of drug-likeness (QED) is 0.498. The van der Waals surface area contributed by atoms with E-state index in [1.54, 1.807) is 55.5 Å². The molecule has 9 heteroatoms. The van der Waals surface area contributed by atoms with Crippen LogP contribution in [0.15, 0.2) is 53.4 Å². The summed E-state index contributed by atoms with van der Waals surface area (Å²) in [7, 11) is -2.45. The van der Waals surface area contributed by atoms with E-state index in [1.165, 1.54) is 7.11 Å². The number of nitrogens with one attached hydrogen (secondary N) is 1. The van der Waals surface area contributed by atoms with Crippen molar-refractivity contribution >= 4 is 27.4 Å². The Kier molecular flexibility index (Phi) is 6.43. The lowest BCUT2D eigenvalue weighted by atomic mass is 9.87. The number of aromatic nitrogens is 2. The minimum absolute atomic E-state index is 0.0216. The number of rotatable bonds is 6. The molecule has 0 aliphatic heterocycles. The van der Waals surface area contributed by atoms with E-state index in [2.05, 4.69) is 35.5 Å². The smallest absolute Gasteiger partial charge is 0.263 e. The lowest BCUT2D eigenvalue weighted by molar-refractivity contribution is 0.378. The number of aryl methyl sites for hydroxylation is 1. The number of anilines is 1. The second-order valence-corrected chi connectivity index (χ2v) is 9.91. The van der Waals surface area contributed by atoms with Crippen molar-refractivity contribution < 1.29 is 17.9 Å². The third-order valence-corrected chi connectivity index (χ3v) is 6.09. The molecule has 164 valence electrons. The third kappa shape index (κ3) is 5.26. The van der Waals surface area contributed by atoms with Crippen LogP contribution in [-0.2, 0) is 15.4 Å². The fourth-order valence-corrected chi connectivity index (χ4v) is 4.08. The summed E-state index contributed by atoms with van der Waals surface area (Å²) in [5, 5.41) is -0.0285. The summed E-state index contributed by atoms with van der Waals surface area (Å²) in [5.74, 6) is 0.994. The van der Waals surface area contributed by atoms with Crippen molar-refractivity contribution in [3.63, 3.8) is 0 Å². The van der Waals surface area contributed by atoms with Gasteiger partial charge >= 0.3 is 0 Å². The lowest BCUT2D eigenvalue weighted by Gasteiger charge is -2.19. The molecule has 7 nitrogen and oxygen atoms in total. The molecule has 0 saturated heterocycles. The molecule has 0 atom stereocenters. The summed E-state index contributed by atoms with van der Waals surface area (Å²) < 4.78 is 39.6. The van der Waals surface area contributed by atoms with Crippen molar-refractivity contribution in [3.8, 4) is 17.2 Å². The van der Waals surface area contributed by atoms with Crippen LogP contribution in [0.4, 0.5) is 5.82 Å². The van der Waals surface area contributed by atoms with E-state index in [0.717, 1.165) is 5.56 Å². The van der Waals surface area contributed by atoms with Gasteiger partial charge in [-0.3, -0.25) is 4.72 Å². The standard InChI is InChI=1S/C22H24ClN3O4S/c1-14-24-20(23)19(30-18-9-7-6-8-17(18)29-5)21(25-14)26-31(27,28)16-12-10-15(11-13-16)22(2,3)4/h6-13H,1-5H3,(H,24,25,26). The van der Waals surface area contributed by atoms with Gasteiger partial charge in [-0.25, -0.2) is 18.4 Å². The minimum Gasteiger partial charge on any atom is -0.493 e. The predicted octanol–water partition coefficient (Wildman–Crippen LogP) is 5.34. The maximum atomic E-state index is 13.0. The summed E-state index contributed by atoms with van der Waals surface area (Å²) in [6.07, 6.45) is 0. The Morgan fingerprint density at radius 3 is 2.16 bits per heavy atom. The average molecular weight is 462 g/mol. The Morgan fingerprint density at radius 2 is 1.58 bits per heavy atom. The first-order chi connectivity index (χ1) is 14.5. The number of hydrogen-bond acceptors (Lipinski definition) is 6. The number of benzene rings is 2. The number of ether oxygens (including phenoxy) is 2. The van der Waals surface area contributed by atoms with Crippen LogP contribution in [0.25, 0.3) is 0 Å². The van der Waals surface area contributed by atoms with Crippen LogP contribution in [0.2, 0.25) is 5.15 Å². The fourth-order valence-electron chi connectivity index (χ4n) is 2.82. The number of nitrogens with zero attached hydrogens (tertiary/aromatic N) is 2. The highest BCUT2D eigenvalue weighted by atomic mass is 35.5. The first kappa shape index (κ1) is 22.8. The summed E-state index contributed by atoms with van der Waals surface area (Å²) >= 11 is 6.27. The molecule has 2 aromatic carbocycles. The predicted molar refractivity (Wildman–Crippen MR) is 121 cm³/mol. The molecule has 1 aromatic heterocycles. The number of methoxy groups -OCH3 is 1. The molecular formula is C22H24ClN3O4S. The van der Waals surface area contributed by atoms with E-state index >= 15 is 0 Å². The van der Waals surface area contributed by atoms with Crippen molar-refractivity contribution in [2.24, 2.45) is 0 Å². The molecule has 0 aliphatic rings. The lowest BCUT2D eigenvalue weighted by Crippen LogP contribution is -2.16. The summed E-state index contributed by atoms with van der Waals surface area (Å²) in [5.41, 5.74) is 0.926. The Morgan fingerprint density at radius 1 is 0.968 bits per heavy atom. The van der Waals surface area contributed by atoms with E-state index in [9.17, 15) is 8.42 Å². The van der Waals surface area contributed by atoms with Crippen molar-refractivity contribution in [1.82, 2.24) is 9.97 Å². The van der Waals surface area contributed by atoms with Crippen molar-refractivity contribution in [3.05, 3.63) is 65.1 Å². The van der Waals surface area contributed by atoms with Crippen molar-refractivity contribution in [1.29, 1.82) is 0 Å². The van der Waals surface area contributed by atoms with E-state index in [-0.39, 0.29) is 32.9 Å². The molecule has 0 unspecified atom stereocenters. The molecule has 0 spiro atoms. The number of halogens is 1. The van der Waals surface area contributed by atoms with Crippen LogP contribution in [-0.4, -0.2) is 25.5 Å². The monoisotopic (exact) mass is 461 g/mol. The van der Waals surface area contributed by atoms with Crippen molar-refractivity contribution in [2.45, 2.75) is 38.0 Å². The van der Waals surface area contributed by atoms with Gasteiger partial charge in [-0.2, -0.15) is 0 Å². The average Bonchev–Trinajstić information content (AvgIpc) is 2.70. The van der Waals surface area contributed by atoms with Crippen LogP contribution in [0.3, 0.4) is 0 Å². The summed E-state index contributed by atoms with van der Waals surface area (Å²) in [6, 6.07) is 13.6. The summed E-state index contributed by atoms with van der Waals surface area (Å²) in [4.78, 5) is 8.38. The van der Waals surface area contributed by atoms with E-state index in [1.807, 2.05) is 0 Å². The highest BCUT2D eigenvalue weighted by Gasteiger charge is 2.23. The largest absolute Gasteiger partial charge is 0.493 e. The molecule has 0 aliphatic carbocycles. The summed E-state index contributed by atoms with van der Waals surface area (Å²) in [6.45, 7) is 7.78. The highest BCUT2D eigenvalue weighted by molar-refractivity contribution is 7.92. The molecule has 0 amide bonds. The third-order valence-electron chi connectivity index (χ3n) is 4.48. The molecule has 1 N–H and O–H groups in total. The van der Waals surface area contributed by atoms with Crippen molar-refractivity contribution in [2.75, 3.05) is 11.8 Å². The molecule has 0 radical (unpaired) electrons. The van der Waals surface area contributed by atoms with Crippen LogP contribution in [0.5, 0.6) is 17.2 Å². The zero-order valence-corrected chi connectivity index (χ0v) is 19.5. The van der Waals surface area contributed by atoms with Gasteiger partial charge in [-0.05, 0) is 42.2 Å². The Hall–Kier alpha value is -2.84. The van der Waals surface area contributed by atoms with Gasteiger partial charge in [0.15, 0.2) is 22.5 Å². The molecular weight excluding hydrogens is 438 g/mol. The molecule has 0 bridgehead atoms.